The van der Waals surface area contributed by atoms with Crippen molar-refractivity contribution in [3.05, 3.63) is 135 Å². The topological polar surface area (TPSA) is 80.8 Å². The van der Waals surface area contributed by atoms with Crippen LogP contribution >= 0.6 is 23.2 Å². The summed E-state index contributed by atoms with van der Waals surface area (Å²) >= 11 is 12.0. The van der Waals surface area contributed by atoms with Crippen LogP contribution in [0, 0.1) is 0 Å². The summed E-state index contributed by atoms with van der Waals surface area (Å²) in [6, 6.07) is 25.3. The van der Waals surface area contributed by atoms with Gasteiger partial charge < -0.3 is 4.74 Å². The lowest BCUT2D eigenvalue weighted by molar-refractivity contribution is 0.0280. The second-order valence-corrected chi connectivity index (χ2v) is 9.13. The van der Waals surface area contributed by atoms with E-state index in [4.69, 9.17) is 27.9 Å². The van der Waals surface area contributed by atoms with Gasteiger partial charge >= 0.3 is 5.97 Å². The van der Waals surface area contributed by atoms with Gasteiger partial charge in [0.25, 0.3) is 11.8 Å². The van der Waals surface area contributed by atoms with Crippen LogP contribution in [0.15, 0.2) is 97.1 Å². The first-order valence-corrected chi connectivity index (χ1v) is 11.9. The van der Waals surface area contributed by atoms with E-state index < -0.39 is 29.7 Å². The first-order chi connectivity index (χ1) is 17.8. The molecular formula is C29H17Cl2NO5. The minimum atomic E-state index is -1.25. The third-order valence-electron chi connectivity index (χ3n) is 5.88. The van der Waals surface area contributed by atoms with Crippen molar-refractivity contribution in [3.63, 3.8) is 0 Å². The van der Waals surface area contributed by atoms with Gasteiger partial charge in [0, 0.05) is 21.2 Å². The normalized spacial score (nSPS) is 13.3. The zero-order chi connectivity index (χ0) is 26.1. The number of anilines is 1. The zero-order valence-electron chi connectivity index (χ0n) is 19.1. The van der Waals surface area contributed by atoms with Crippen LogP contribution in [-0.2, 0) is 4.74 Å². The fraction of sp³-hybridized carbons (Fsp3) is 0.0345. The van der Waals surface area contributed by atoms with Crippen molar-refractivity contribution in [2.45, 2.75) is 6.10 Å². The molecule has 1 aliphatic rings. The van der Waals surface area contributed by atoms with Crippen LogP contribution in [-0.4, -0.2) is 23.6 Å². The summed E-state index contributed by atoms with van der Waals surface area (Å²) in [5, 5.41) is 0.835. The number of carbonyl (C=O) groups excluding carboxylic acids is 4. The number of rotatable bonds is 6. The van der Waals surface area contributed by atoms with E-state index in [1.165, 1.54) is 24.3 Å². The fourth-order valence-corrected chi connectivity index (χ4v) is 4.37. The van der Waals surface area contributed by atoms with Gasteiger partial charge in [-0.05, 0) is 48.5 Å². The standard InChI is InChI=1S/C29H17Cl2NO5/c30-20-12-9-18(10-13-20)26(25(33)17-5-2-1-3-6-17)37-29(36)19-11-14-23-24(15-19)28(35)32(27(23)34)22-8-4-7-21(31)16-22/h1-16,26H/t26-/m0/s1. The average Bonchev–Trinajstić information content (AvgIpc) is 3.17. The number of ketones is 1. The molecule has 0 unspecified atom stereocenters. The molecule has 1 heterocycles. The van der Waals surface area contributed by atoms with E-state index >= 15 is 0 Å². The number of amides is 2. The Labute approximate surface area is 222 Å². The van der Waals surface area contributed by atoms with Gasteiger partial charge in [-0.25, -0.2) is 9.69 Å². The third-order valence-corrected chi connectivity index (χ3v) is 6.37. The Bertz CT molecular complexity index is 1550. The highest BCUT2D eigenvalue weighted by Crippen LogP contribution is 2.31. The summed E-state index contributed by atoms with van der Waals surface area (Å²) in [5.41, 5.74) is 1.34. The van der Waals surface area contributed by atoms with E-state index in [2.05, 4.69) is 0 Å². The van der Waals surface area contributed by atoms with Crippen LogP contribution in [0.5, 0.6) is 0 Å². The maximum atomic E-state index is 13.3. The van der Waals surface area contributed by atoms with Gasteiger partial charge in [0.15, 0.2) is 6.10 Å². The number of imide groups is 1. The first kappa shape index (κ1) is 24.4. The van der Waals surface area contributed by atoms with Gasteiger partial charge in [-0.15, -0.1) is 0 Å². The second kappa shape index (κ2) is 10.0. The summed E-state index contributed by atoms with van der Waals surface area (Å²) in [6.45, 7) is 0. The number of Topliss-reactive ketones (excluding diaryl/α,β-unsaturated/α-hetero) is 1. The minimum absolute atomic E-state index is 0.0210. The van der Waals surface area contributed by atoms with Gasteiger partial charge in [-0.2, -0.15) is 0 Å². The molecular weight excluding hydrogens is 513 g/mol. The van der Waals surface area contributed by atoms with E-state index in [9.17, 15) is 19.2 Å². The minimum Gasteiger partial charge on any atom is -0.445 e. The number of hydrogen-bond donors (Lipinski definition) is 0. The molecule has 2 amide bonds. The summed E-state index contributed by atoms with van der Waals surface area (Å²) in [5.74, 6) is -2.36. The van der Waals surface area contributed by atoms with Crippen molar-refractivity contribution in [2.24, 2.45) is 0 Å². The van der Waals surface area contributed by atoms with Crippen LogP contribution in [0.4, 0.5) is 5.69 Å². The number of carbonyl (C=O) groups is 4. The Kier molecular flexibility index (Phi) is 6.61. The molecule has 37 heavy (non-hydrogen) atoms. The highest BCUT2D eigenvalue weighted by atomic mass is 35.5. The Morgan fingerprint density at radius 3 is 2.08 bits per heavy atom. The Morgan fingerprint density at radius 1 is 0.676 bits per heavy atom. The number of fused-ring (bicyclic) bond motifs is 1. The summed E-state index contributed by atoms with van der Waals surface area (Å²) in [6.07, 6.45) is -1.25. The molecule has 0 spiro atoms. The molecule has 0 saturated heterocycles. The van der Waals surface area contributed by atoms with Crippen molar-refractivity contribution >= 4 is 52.5 Å². The number of nitrogens with zero attached hydrogens (tertiary/aromatic N) is 1. The van der Waals surface area contributed by atoms with Gasteiger partial charge in [0.05, 0.1) is 22.4 Å². The molecule has 5 rings (SSSR count). The fourth-order valence-electron chi connectivity index (χ4n) is 4.06. The largest absolute Gasteiger partial charge is 0.445 e. The predicted octanol–water partition coefficient (Wildman–Crippen LogP) is 6.58. The van der Waals surface area contributed by atoms with Gasteiger partial charge in [-0.3, -0.25) is 14.4 Å². The number of benzene rings is 4. The van der Waals surface area contributed by atoms with Crippen molar-refractivity contribution < 1.29 is 23.9 Å². The summed E-state index contributed by atoms with van der Waals surface area (Å²) in [7, 11) is 0. The first-order valence-electron chi connectivity index (χ1n) is 11.2. The molecule has 0 bridgehead atoms. The van der Waals surface area contributed by atoms with E-state index in [0.717, 1.165) is 4.90 Å². The lowest BCUT2D eigenvalue weighted by Gasteiger charge is -2.18. The molecule has 1 atom stereocenters. The van der Waals surface area contributed by atoms with Crippen LogP contribution in [0.3, 0.4) is 0 Å². The third kappa shape index (κ3) is 4.77. The lowest BCUT2D eigenvalue weighted by atomic mass is 9.99. The molecule has 0 aliphatic carbocycles. The molecule has 0 fully saturated rings. The molecule has 6 nitrogen and oxygen atoms in total. The van der Waals surface area contributed by atoms with Crippen LogP contribution in [0.25, 0.3) is 0 Å². The molecule has 0 N–H and O–H groups in total. The van der Waals surface area contributed by atoms with Crippen molar-refractivity contribution in [2.75, 3.05) is 4.90 Å². The molecule has 0 radical (unpaired) electrons. The van der Waals surface area contributed by atoms with Crippen molar-refractivity contribution in [1.29, 1.82) is 0 Å². The Hall–Kier alpha value is -4.26. The van der Waals surface area contributed by atoms with Crippen LogP contribution < -0.4 is 4.90 Å². The maximum absolute atomic E-state index is 13.3. The van der Waals surface area contributed by atoms with Crippen molar-refractivity contribution in [3.8, 4) is 0 Å². The quantitative estimate of drug-likeness (QED) is 0.160. The van der Waals surface area contributed by atoms with E-state index in [1.54, 1.807) is 72.8 Å². The number of esters is 1. The average molecular weight is 530 g/mol. The molecule has 1 aliphatic heterocycles. The summed E-state index contributed by atoms with van der Waals surface area (Å²) < 4.78 is 5.67. The SMILES string of the molecule is O=C(O[C@H](C(=O)c1ccccc1)c1ccc(Cl)cc1)c1ccc2c(c1)C(=O)N(c1cccc(Cl)c1)C2=O. The Morgan fingerprint density at radius 2 is 1.38 bits per heavy atom. The van der Waals surface area contributed by atoms with Gasteiger partial charge in [0.2, 0.25) is 5.78 Å². The summed E-state index contributed by atoms with van der Waals surface area (Å²) in [4.78, 5) is 53.5. The van der Waals surface area contributed by atoms with Gasteiger partial charge in [0.1, 0.15) is 0 Å². The second-order valence-electron chi connectivity index (χ2n) is 8.25. The molecule has 182 valence electrons. The zero-order valence-corrected chi connectivity index (χ0v) is 20.6. The highest BCUT2D eigenvalue weighted by molar-refractivity contribution is 6.35. The smallest absolute Gasteiger partial charge is 0.339 e. The maximum Gasteiger partial charge on any atom is 0.339 e. The number of halogens is 2. The monoisotopic (exact) mass is 529 g/mol. The van der Waals surface area contributed by atoms with Crippen LogP contribution in [0.1, 0.15) is 53.1 Å². The van der Waals surface area contributed by atoms with E-state index in [1.807, 2.05) is 0 Å². The number of ether oxygens (including phenoxy) is 1. The molecule has 4 aromatic carbocycles. The predicted molar refractivity (Wildman–Crippen MR) is 139 cm³/mol. The molecule has 0 aromatic heterocycles. The van der Waals surface area contributed by atoms with E-state index in [0.29, 0.717) is 26.9 Å². The molecule has 0 saturated carbocycles. The Balaban J connectivity index is 1.45. The number of hydrogen-bond acceptors (Lipinski definition) is 5. The molecule has 8 heteroatoms. The molecule has 4 aromatic rings. The van der Waals surface area contributed by atoms with Gasteiger partial charge in [-0.1, -0.05) is 71.7 Å². The van der Waals surface area contributed by atoms with Crippen molar-refractivity contribution in [1.82, 2.24) is 0 Å². The lowest BCUT2D eigenvalue weighted by Crippen LogP contribution is -2.29. The van der Waals surface area contributed by atoms with E-state index in [-0.39, 0.29) is 16.7 Å². The highest BCUT2D eigenvalue weighted by Gasteiger charge is 2.37. The van der Waals surface area contributed by atoms with Crippen LogP contribution in [0.2, 0.25) is 10.0 Å².